The fourth-order valence-corrected chi connectivity index (χ4v) is 2.16. The van der Waals surface area contributed by atoms with Crippen molar-refractivity contribution in [3.63, 3.8) is 0 Å². The third kappa shape index (κ3) is 3.08. The van der Waals surface area contributed by atoms with Crippen molar-refractivity contribution in [2.75, 3.05) is 18.5 Å². The number of hydrogen-bond donors (Lipinski definition) is 1. The highest BCUT2D eigenvalue weighted by Gasteiger charge is 2.19. The predicted molar refractivity (Wildman–Crippen MR) is 75.4 cm³/mol. The minimum atomic E-state index is -0.295. The van der Waals surface area contributed by atoms with E-state index in [-0.39, 0.29) is 11.9 Å². The Morgan fingerprint density at radius 2 is 2.05 bits per heavy atom. The van der Waals surface area contributed by atoms with Crippen molar-refractivity contribution in [2.24, 2.45) is 0 Å². The summed E-state index contributed by atoms with van der Waals surface area (Å²) in [6, 6.07) is 14.5. The lowest BCUT2D eigenvalue weighted by Gasteiger charge is -2.27. The van der Waals surface area contributed by atoms with Gasteiger partial charge in [0.25, 0.3) is 0 Å². The second kappa shape index (κ2) is 5.92. The first-order chi connectivity index (χ1) is 9.81. The summed E-state index contributed by atoms with van der Waals surface area (Å²) in [6.07, 6.45) is -0.104. The lowest BCUT2D eigenvalue weighted by molar-refractivity contribution is 0.0440. The summed E-state index contributed by atoms with van der Waals surface area (Å²) in [4.78, 5) is 0. The molecular formula is C16H16FNO2. The molecule has 1 N–H and O–H groups in total. The maximum atomic E-state index is 13.2. The number of ether oxygens (including phenoxy) is 2. The Balaban J connectivity index is 1.53. The van der Waals surface area contributed by atoms with Crippen molar-refractivity contribution in [3.05, 3.63) is 59.9 Å². The van der Waals surface area contributed by atoms with Crippen molar-refractivity contribution >= 4 is 5.69 Å². The maximum absolute atomic E-state index is 13.2. The molecule has 104 valence electrons. The molecular weight excluding hydrogens is 257 g/mol. The molecule has 3 nitrogen and oxygen atoms in total. The van der Waals surface area contributed by atoms with Crippen LogP contribution in [-0.4, -0.2) is 19.3 Å². The van der Waals surface area contributed by atoms with E-state index in [1.54, 1.807) is 6.07 Å². The standard InChI is InChI=1S/C16H16FNO2/c17-13-6-7-15-16(8-13)20-14(9-18-15)11-19-10-12-4-2-1-3-5-12/h1-8,14,18H,9-11H2. The van der Waals surface area contributed by atoms with Crippen LogP contribution in [0, 0.1) is 5.82 Å². The summed E-state index contributed by atoms with van der Waals surface area (Å²) in [5.41, 5.74) is 1.95. The largest absolute Gasteiger partial charge is 0.484 e. The fourth-order valence-electron chi connectivity index (χ4n) is 2.16. The van der Waals surface area contributed by atoms with Crippen LogP contribution < -0.4 is 10.1 Å². The summed E-state index contributed by atoms with van der Waals surface area (Å²) >= 11 is 0. The van der Waals surface area contributed by atoms with Crippen LogP contribution in [0.1, 0.15) is 5.56 Å². The molecule has 0 amide bonds. The highest BCUT2D eigenvalue weighted by molar-refractivity contribution is 5.58. The Hall–Kier alpha value is -2.07. The van der Waals surface area contributed by atoms with Gasteiger partial charge in [-0.3, -0.25) is 0 Å². The molecule has 1 aliphatic rings. The van der Waals surface area contributed by atoms with Crippen LogP contribution in [0.15, 0.2) is 48.5 Å². The third-order valence-corrected chi connectivity index (χ3v) is 3.17. The fraction of sp³-hybridized carbons (Fsp3) is 0.250. The Morgan fingerprint density at radius 3 is 2.90 bits per heavy atom. The first-order valence-corrected chi connectivity index (χ1v) is 6.63. The van der Waals surface area contributed by atoms with Crippen molar-refractivity contribution in [1.29, 1.82) is 0 Å². The summed E-state index contributed by atoms with van der Waals surface area (Å²) in [7, 11) is 0. The quantitative estimate of drug-likeness (QED) is 0.927. The number of rotatable bonds is 4. The molecule has 0 fully saturated rings. The van der Waals surface area contributed by atoms with E-state index >= 15 is 0 Å². The monoisotopic (exact) mass is 273 g/mol. The van der Waals surface area contributed by atoms with E-state index in [0.29, 0.717) is 25.5 Å². The van der Waals surface area contributed by atoms with Gasteiger partial charge in [0.2, 0.25) is 0 Å². The second-order valence-electron chi connectivity index (χ2n) is 4.76. The highest BCUT2D eigenvalue weighted by atomic mass is 19.1. The first-order valence-electron chi connectivity index (χ1n) is 6.63. The number of halogens is 1. The second-order valence-corrected chi connectivity index (χ2v) is 4.76. The van der Waals surface area contributed by atoms with Gasteiger partial charge in [0.15, 0.2) is 0 Å². The van der Waals surface area contributed by atoms with Gasteiger partial charge in [0.1, 0.15) is 17.7 Å². The van der Waals surface area contributed by atoms with Gasteiger partial charge < -0.3 is 14.8 Å². The van der Waals surface area contributed by atoms with Crippen LogP contribution in [0.4, 0.5) is 10.1 Å². The van der Waals surface area contributed by atoms with Gasteiger partial charge in [-0.1, -0.05) is 30.3 Å². The van der Waals surface area contributed by atoms with Crippen LogP contribution in [0.2, 0.25) is 0 Å². The van der Waals surface area contributed by atoms with Crippen LogP contribution >= 0.6 is 0 Å². The number of nitrogens with one attached hydrogen (secondary N) is 1. The third-order valence-electron chi connectivity index (χ3n) is 3.17. The molecule has 1 atom stereocenters. The zero-order valence-electron chi connectivity index (χ0n) is 11.0. The molecule has 1 heterocycles. The predicted octanol–water partition coefficient (Wildman–Crippen LogP) is 3.22. The Bertz CT molecular complexity index is 574. The average molecular weight is 273 g/mol. The van der Waals surface area contributed by atoms with Crippen LogP contribution in [-0.2, 0) is 11.3 Å². The van der Waals surface area contributed by atoms with Gasteiger partial charge >= 0.3 is 0 Å². The Morgan fingerprint density at radius 1 is 1.20 bits per heavy atom. The minimum absolute atomic E-state index is 0.104. The van der Waals surface area contributed by atoms with Crippen molar-refractivity contribution < 1.29 is 13.9 Å². The van der Waals surface area contributed by atoms with E-state index < -0.39 is 0 Å². The van der Waals surface area contributed by atoms with Crippen molar-refractivity contribution in [1.82, 2.24) is 0 Å². The smallest absolute Gasteiger partial charge is 0.145 e. The highest BCUT2D eigenvalue weighted by Crippen LogP contribution is 2.29. The van der Waals surface area contributed by atoms with E-state index in [2.05, 4.69) is 5.32 Å². The SMILES string of the molecule is Fc1ccc2c(c1)OC(COCc1ccccc1)CN2. The molecule has 0 radical (unpaired) electrons. The normalized spacial score (nSPS) is 16.9. The lowest BCUT2D eigenvalue weighted by atomic mass is 10.2. The van der Waals surface area contributed by atoms with Gasteiger partial charge in [-0.05, 0) is 17.7 Å². The Kier molecular flexibility index (Phi) is 3.83. The molecule has 2 aromatic rings. The molecule has 20 heavy (non-hydrogen) atoms. The van der Waals surface area contributed by atoms with E-state index in [1.165, 1.54) is 12.1 Å². The zero-order chi connectivity index (χ0) is 13.8. The molecule has 3 rings (SSSR count). The molecule has 1 aliphatic heterocycles. The number of benzene rings is 2. The minimum Gasteiger partial charge on any atom is -0.484 e. The summed E-state index contributed by atoms with van der Waals surface area (Å²) in [6.45, 7) is 1.68. The summed E-state index contributed by atoms with van der Waals surface area (Å²) in [5.74, 6) is 0.251. The number of anilines is 1. The van der Waals surface area contributed by atoms with Crippen LogP contribution in [0.5, 0.6) is 5.75 Å². The molecule has 0 aliphatic carbocycles. The molecule has 4 heteroatoms. The van der Waals surface area contributed by atoms with Crippen molar-refractivity contribution in [3.8, 4) is 5.75 Å². The summed E-state index contributed by atoms with van der Waals surface area (Å²) in [5, 5.41) is 3.22. The van der Waals surface area contributed by atoms with E-state index in [1.807, 2.05) is 30.3 Å². The summed E-state index contributed by atoms with van der Waals surface area (Å²) < 4.78 is 24.5. The van der Waals surface area contributed by atoms with Gasteiger partial charge in [0, 0.05) is 6.07 Å². The number of hydrogen-bond acceptors (Lipinski definition) is 3. The van der Waals surface area contributed by atoms with Gasteiger partial charge in [-0.15, -0.1) is 0 Å². The average Bonchev–Trinajstić information content (AvgIpc) is 2.48. The van der Waals surface area contributed by atoms with E-state index in [0.717, 1.165) is 11.3 Å². The Labute approximate surface area is 117 Å². The molecule has 0 aromatic heterocycles. The topological polar surface area (TPSA) is 30.5 Å². The van der Waals surface area contributed by atoms with Gasteiger partial charge in [-0.25, -0.2) is 4.39 Å². The van der Waals surface area contributed by atoms with Crippen LogP contribution in [0.25, 0.3) is 0 Å². The van der Waals surface area contributed by atoms with E-state index in [4.69, 9.17) is 9.47 Å². The zero-order valence-corrected chi connectivity index (χ0v) is 11.0. The molecule has 0 saturated carbocycles. The lowest BCUT2D eigenvalue weighted by Crippen LogP contribution is -2.34. The molecule has 1 unspecified atom stereocenters. The van der Waals surface area contributed by atoms with Crippen molar-refractivity contribution in [2.45, 2.75) is 12.7 Å². The van der Waals surface area contributed by atoms with Crippen LogP contribution in [0.3, 0.4) is 0 Å². The maximum Gasteiger partial charge on any atom is 0.145 e. The molecule has 0 saturated heterocycles. The van der Waals surface area contributed by atoms with E-state index in [9.17, 15) is 4.39 Å². The molecule has 0 spiro atoms. The number of fused-ring (bicyclic) bond motifs is 1. The van der Waals surface area contributed by atoms with Gasteiger partial charge in [0.05, 0.1) is 25.4 Å². The van der Waals surface area contributed by atoms with Gasteiger partial charge in [-0.2, -0.15) is 0 Å². The first kappa shape index (κ1) is 12.9. The molecule has 0 bridgehead atoms. The molecule has 2 aromatic carbocycles.